The highest BCUT2D eigenvalue weighted by Gasteiger charge is 2.51. The number of carbonyl (C=O) groups excluding carboxylic acids is 3. The molecule has 5 fully saturated rings. The van der Waals surface area contributed by atoms with Crippen LogP contribution in [0.5, 0.6) is 0 Å². The highest BCUT2D eigenvalue weighted by molar-refractivity contribution is 6.39. The minimum absolute atomic E-state index is 0.0354. The maximum absolute atomic E-state index is 13.7. The number of nitrogens with zero attached hydrogens (tertiary/aromatic N) is 2. The minimum Gasteiger partial charge on any atom is -0.344 e. The van der Waals surface area contributed by atoms with Crippen LogP contribution in [0.25, 0.3) is 17.0 Å². The molecule has 0 radical (unpaired) electrons. The fourth-order valence-electron chi connectivity index (χ4n) is 8.38. The van der Waals surface area contributed by atoms with Crippen LogP contribution in [0.4, 0.5) is 10.5 Å². The molecule has 0 unspecified atom stereocenters. The van der Waals surface area contributed by atoms with Gasteiger partial charge in [-0.15, -0.1) is 0 Å². The van der Waals surface area contributed by atoms with Crippen LogP contribution in [0.15, 0.2) is 60.3 Å². The quantitative estimate of drug-likeness (QED) is 0.298. The van der Waals surface area contributed by atoms with E-state index in [0.717, 1.165) is 45.5 Å². The first-order valence-electron chi connectivity index (χ1n) is 14.5. The van der Waals surface area contributed by atoms with Crippen LogP contribution in [0, 0.1) is 17.8 Å². The van der Waals surface area contributed by atoms with Crippen LogP contribution in [-0.2, 0) is 15.0 Å². The molecule has 1 aromatic heterocycles. The van der Waals surface area contributed by atoms with Gasteiger partial charge in [0, 0.05) is 28.7 Å². The molecule has 39 heavy (non-hydrogen) atoms. The predicted molar refractivity (Wildman–Crippen MR) is 152 cm³/mol. The number of hydrogen-bond acceptors (Lipinski definition) is 3. The number of nitrogens with one attached hydrogen (secondary N) is 1. The van der Waals surface area contributed by atoms with Crippen molar-refractivity contribution in [2.24, 2.45) is 17.8 Å². The van der Waals surface area contributed by atoms with Gasteiger partial charge in [-0.3, -0.25) is 14.9 Å². The zero-order valence-corrected chi connectivity index (χ0v) is 22.7. The summed E-state index contributed by atoms with van der Waals surface area (Å²) in [4.78, 5) is 40.6. The van der Waals surface area contributed by atoms with E-state index in [2.05, 4.69) is 35.9 Å². The van der Waals surface area contributed by atoms with Gasteiger partial charge in [0.15, 0.2) is 0 Å². The molecule has 4 saturated carbocycles. The Morgan fingerprint density at radius 1 is 0.949 bits per heavy atom. The van der Waals surface area contributed by atoms with Crippen LogP contribution >= 0.6 is 0 Å². The summed E-state index contributed by atoms with van der Waals surface area (Å²) in [6, 6.07) is 15.5. The summed E-state index contributed by atoms with van der Waals surface area (Å²) in [7, 11) is 0. The van der Waals surface area contributed by atoms with E-state index in [1.807, 2.05) is 42.6 Å². The van der Waals surface area contributed by atoms with Crippen LogP contribution in [0.1, 0.15) is 76.0 Å². The highest BCUT2D eigenvalue weighted by Crippen LogP contribution is 2.60. The molecular formula is C33H35N3O3. The number of barbiturate groups is 1. The van der Waals surface area contributed by atoms with Gasteiger partial charge in [0.1, 0.15) is 5.57 Å². The molecule has 4 bridgehead atoms. The number of amides is 4. The Morgan fingerprint density at radius 3 is 2.23 bits per heavy atom. The highest BCUT2D eigenvalue weighted by atomic mass is 16.2. The minimum atomic E-state index is -0.702. The third kappa shape index (κ3) is 3.87. The Balaban J connectivity index is 1.21. The van der Waals surface area contributed by atoms with Crippen molar-refractivity contribution in [2.45, 2.75) is 70.3 Å². The van der Waals surface area contributed by atoms with Gasteiger partial charge in [0.2, 0.25) is 0 Å². The second-order valence-electron chi connectivity index (χ2n) is 12.5. The van der Waals surface area contributed by atoms with Crippen molar-refractivity contribution in [1.82, 2.24) is 9.88 Å². The van der Waals surface area contributed by atoms with Crippen LogP contribution in [0.3, 0.4) is 0 Å². The monoisotopic (exact) mass is 521 g/mol. The Labute approximate surface area is 229 Å². The zero-order chi connectivity index (χ0) is 26.9. The molecule has 0 spiro atoms. The Kier molecular flexibility index (Phi) is 5.58. The fraction of sp³-hybridized carbons (Fsp3) is 0.424. The number of fused-ring (bicyclic) bond motifs is 1. The molecular weight excluding hydrogens is 486 g/mol. The fourth-order valence-corrected chi connectivity index (χ4v) is 8.38. The third-order valence-electron chi connectivity index (χ3n) is 10.0. The maximum atomic E-state index is 13.7. The number of urea groups is 1. The van der Waals surface area contributed by atoms with Gasteiger partial charge in [0.05, 0.1) is 5.69 Å². The molecule has 1 atom stereocenters. The van der Waals surface area contributed by atoms with Crippen molar-refractivity contribution in [3.8, 4) is 0 Å². The molecule has 3 aromatic rings. The number of para-hydroxylation sites is 1. The smallest absolute Gasteiger partial charge is 0.335 e. The van der Waals surface area contributed by atoms with Gasteiger partial charge in [-0.1, -0.05) is 37.3 Å². The number of aromatic nitrogens is 1. The molecule has 200 valence electrons. The Bertz CT molecular complexity index is 1490. The molecule has 1 aliphatic heterocycles. The SMILES string of the molecule is CC[C@@H](C)n1cc(/C=C2\C(=O)NC(=O)N(c3ccc(C45CC6CC(CC(C6)C4)C5)cc3)C2=O)c2ccccc21. The van der Waals surface area contributed by atoms with E-state index >= 15 is 0 Å². The molecule has 2 aromatic carbocycles. The van der Waals surface area contributed by atoms with Crippen molar-refractivity contribution in [3.05, 3.63) is 71.4 Å². The summed E-state index contributed by atoms with van der Waals surface area (Å²) in [5.41, 5.74) is 3.87. The van der Waals surface area contributed by atoms with Crippen LogP contribution in [0.2, 0.25) is 0 Å². The lowest BCUT2D eigenvalue weighted by atomic mass is 9.48. The molecule has 5 aliphatic rings. The topological polar surface area (TPSA) is 71.4 Å². The summed E-state index contributed by atoms with van der Waals surface area (Å²) >= 11 is 0. The van der Waals surface area contributed by atoms with E-state index in [9.17, 15) is 14.4 Å². The first-order valence-corrected chi connectivity index (χ1v) is 14.5. The third-order valence-corrected chi connectivity index (χ3v) is 10.0. The zero-order valence-electron chi connectivity index (χ0n) is 22.7. The van der Waals surface area contributed by atoms with Gasteiger partial charge in [-0.05, 0) is 105 Å². The number of rotatable bonds is 5. The summed E-state index contributed by atoms with van der Waals surface area (Å²) in [5, 5.41) is 3.36. The molecule has 4 amide bonds. The van der Waals surface area contributed by atoms with E-state index in [1.165, 1.54) is 44.1 Å². The summed E-state index contributed by atoms with van der Waals surface area (Å²) < 4.78 is 2.18. The average molecular weight is 522 g/mol. The van der Waals surface area contributed by atoms with E-state index in [4.69, 9.17) is 0 Å². The lowest BCUT2D eigenvalue weighted by molar-refractivity contribution is -0.122. The summed E-state index contributed by atoms with van der Waals surface area (Å²) in [6.07, 6.45) is 12.5. The molecule has 6 heteroatoms. The Hall–Kier alpha value is -3.67. The van der Waals surface area contributed by atoms with Crippen molar-refractivity contribution >= 4 is 40.5 Å². The van der Waals surface area contributed by atoms with E-state index in [0.29, 0.717) is 5.69 Å². The van der Waals surface area contributed by atoms with Gasteiger partial charge >= 0.3 is 6.03 Å². The van der Waals surface area contributed by atoms with E-state index in [-0.39, 0.29) is 17.0 Å². The van der Waals surface area contributed by atoms with Crippen molar-refractivity contribution in [1.29, 1.82) is 0 Å². The second kappa shape index (κ2) is 8.94. The number of imide groups is 2. The first-order chi connectivity index (χ1) is 18.8. The summed E-state index contributed by atoms with van der Waals surface area (Å²) in [5.74, 6) is 1.28. The number of benzene rings is 2. The summed E-state index contributed by atoms with van der Waals surface area (Å²) in [6.45, 7) is 4.28. The van der Waals surface area contributed by atoms with Crippen molar-refractivity contribution in [3.63, 3.8) is 0 Å². The van der Waals surface area contributed by atoms with Crippen molar-refractivity contribution in [2.75, 3.05) is 4.90 Å². The van der Waals surface area contributed by atoms with Gasteiger partial charge in [0.25, 0.3) is 11.8 Å². The standard InChI is InChI=1S/C33H35N3O3/c1-3-20(2)35-19-24(27-6-4-5-7-29(27)35)15-28-30(37)34-32(39)36(31(28)38)26-10-8-25(9-11-26)33-16-21-12-22(17-33)14-23(13-21)18-33/h4-11,15,19-23H,3,12-14,16-18H2,1-2H3,(H,34,37,39)/b28-15+/t20-,21?,22?,23?,33?/m1/s1. The molecule has 8 rings (SSSR count). The Morgan fingerprint density at radius 2 is 1.59 bits per heavy atom. The number of anilines is 1. The van der Waals surface area contributed by atoms with Gasteiger partial charge < -0.3 is 4.57 Å². The molecule has 2 heterocycles. The molecule has 1 N–H and O–H groups in total. The predicted octanol–water partition coefficient (Wildman–Crippen LogP) is 6.75. The average Bonchev–Trinajstić information content (AvgIpc) is 3.28. The normalized spacial score (nSPS) is 29.9. The lowest BCUT2D eigenvalue weighted by Crippen LogP contribution is -2.54. The molecule has 1 saturated heterocycles. The van der Waals surface area contributed by atoms with E-state index in [1.54, 1.807) is 6.08 Å². The van der Waals surface area contributed by atoms with Crippen LogP contribution in [-0.4, -0.2) is 22.4 Å². The first kappa shape index (κ1) is 24.4. The van der Waals surface area contributed by atoms with E-state index < -0.39 is 17.8 Å². The van der Waals surface area contributed by atoms with Crippen LogP contribution < -0.4 is 10.2 Å². The van der Waals surface area contributed by atoms with Crippen molar-refractivity contribution < 1.29 is 14.4 Å². The number of hydrogen-bond donors (Lipinski definition) is 1. The number of carbonyl (C=O) groups is 3. The lowest BCUT2D eigenvalue weighted by Gasteiger charge is -2.57. The molecule has 6 nitrogen and oxygen atoms in total. The van der Waals surface area contributed by atoms with Gasteiger partial charge in [-0.2, -0.15) is 0 Å². The largest absolute Gasteiger partial charge is 0.344 e. The maximum Gasteiger partial charge on any atom is 0.335 e. The second-order valence-corrected chi connectivity index (χ2v) is 12.5. The molecule has 4 aliphatic carbocycles. The van der Waals surface area contributed by atoms with Gasteiger partial charge in [-0.25, -0.2) is 9.69 Å².